The molecule has 0 saturated heterocycles. The number of hydrogen-bond acceptors (Lipinski definition) is 0. The quantitative estimate of drug-likeness (QED) is 0.318. The Bertz CT molecular complexity index is 905. The molecule has 0 aliphatic heterocycles. The molecule has 8 heteroatoms. The number of rotatable bonds is 0. The molecule has 0 N–H and O–H groups in total. The summed E-state index contributed by atoms with van der Waals surface area (Å²) in [6, 6.07) is 7.31. The Morgan fingerprint density at radius 3 is 1.47 bits per heavy atom. The summed E-state index contributed by atoms with van der Waals surface area (Å²) in [5.74, 6) is -4.03. The van der Waals surface area contributed by atoms with Crippen LogP contribution in [0.4, 0.5) is 35.1 Å². The molecule has 2 aromatic carbocycles. The van der Waals surface area contributed by atoms with Gasteiger partial charge in [-0.15, -0.1) is 0 Å². The number of allylic oxidation sites excluding steroid dienone is 4. The molecule has 0 unspecified atom stereocenters. The highest BCUT2D eigenvalue weighted by atomic mass is 19.4. The summed E-state index contributed by atoms with van der Waals surface area (Å²) in [4.78, 5) is 0. The van der Waals surface area contributed by atoms with Crippen molar-refractivity contribution in [3.05, 3.63) is 93.8 Å². The van der Waals surface area contributed by atoms with E-state index in [1.54, 1.807) is 6.92 Å². The van der Waals surface area contributed by atoms with Crippen molar-refractivity contribution in [3.8, 4) is 0 Å². The summed E-state index contributed by atoms with van der Waals surface area (Å²) in [6.45, 7) is 12.6. The lowest BCUT2D eigenvalue weighted by Gasteiger charge is -2.08. The van der Waals surface area contributed by atoms with Crippen molar-refractivity contribution >= 4 is 0 Å². The van der Waals surface area contributed by atoms with Crippen molar-refractivity contribution < 1.29 is 35.1 Å². The van der Waals surface area contributed by atoms with Crippen molar-refractivity contribution in [2.24, 2.45) is 0 Å². The Morgan fingerprint density at radius 1 is 0.647 bits per heavy atom. The van der Waals surface area contributed by atoms with E-state index in [0.717, 1.165) is 17.7 Å². The van der Waals surface area contributed by atoms with Crippen molar-refractivity contribution in [2.75, 3.05) is 0 Å². The molecular formula is C26H32F8. The number of halogens is 8. The van der Waals surface area contributed by atoms with Crippen LogP contribution < -0.4 is 0 Å². The third-order valence-corrected chi connectivity index (χ3v) is 4.01. The Labute approximate surface area is 197 Å². The minimum atomic E-state index is -4.60. The van der Waals surface area contributed by atoms with Crippen LogP contribution >= 0.6 is 0 Å². The maximum atomic E-state index is 12.8. The summed E-state index contributed by atoms with van der Waals surface area (Å²) >= 11 is 0. The number of hydrogen-bond donors (Lipinski definition) is 0. The predicted molar refractivity (Wildman–Crippen MR) is 122 cm³/mol. The molecule has 1 aliphatic carbocycles. The number of aryl methyl sites for hydroxylation is 2. The lowest BCUT2D eigenvalue weighted by molar-refractivity contribution is -0.140. The van der Waals surface area contributed by atoms with Gasteiger partial charge in [-0.05, 0) is 56.5 Å². The highest BCUT2D eigenvalue weighted by Crippen LogP contribution is 2.32. The summed E-state index contributed by atoms with van der Waals surface area (Å²) in [5.41, 5.74) is 0.0521. The molecule has 0 radical (unpaired) electrons. The van der Waals surface area contributed by atoms with Gasteiger partial charge in [-0.25, -0.2) is 22.0 Å². The molecule has 0 amide bonds. The van der Waals surface area contributed by atoms with Gasteiger partial charge in [0.05, 0.1) is 5.56 Å². The lowest BCUT2D eigenvalue weighted by Crippen LogP contribution is -2.08. The second-order valence-corrected chi connectivity index (χ2v) is 6.55. The fourth-order valence-electron chi connectivity index (χ4n) is 2.27. The first-order valence-corrected chi connectivity index (χ1v) is 10.8. The van der Waals surface area contributed by atoms with Crippen LogP contribution in [0.2, 0.25) is 0 Å². The standard InChI is InChI=1S/C8H6F4.C7H8F2.C7H6F2.2C2H6/c1-5-3-2-4-6(7(5)9)8(10,11)12;1-5-2-3-6(8)7(9)4-5;1-5-3-2-4-6(8)7(5)9;2*1-2/h2-4H,1H3;4H,2-3H2,1H3;2-4H,1H3;2*1-2H3. The average Bonchev–Trinajstić information content (AvgIpc) is 2.79. The molecule has 0 saturated carbocycles. The molecule has 0 atom stereocenters. The molecule has 1 aliphatic rings. The van der Waals surface area contributed by atoms with E-state index in [2.05, 4.69) is 0 Å². The van der Waals surface area contributed by atoms with Gasteiger partial charge >= 0.3 is 6.18 Å². The van der Waals surface area contributed by atoms with E-state index in [1.807, 2.05) is 27.7 Å². The first kappa shape index (κ1) is 33.5. The van der Waals surface area contributed by atoms with Crippen molar-refractivity contribution in [1.29, 1.82) is 0 Å². The molecule has 34 heavy (non-hydrogen) atoms. The van der Waals surface area contributed by atoms with Crippen LogP contribution in [0.5, 0.6) is 0 Å². The van der Waals surface area contributed by atoms with Crippen LogP contribution in [-0.2, 0) is 6.18 Å². The minimum Gasteiger partial charge on any atom is -0.209 e. The van der Waals surface area contributed by atoms with Gasteiger partial charge < -0.3 is 0 Å². The first-order valence-electron chi connectivity index (χ1n) is 10.8. The smallest absolute Gasteiger partial charge is 0.209 e. The third kappa shape index (κ3) is 12.0. The molecule has 192 valence electrons. The maximum Gasteiger partial charge on any atom is 0.419 e. The monoisotopic (exact) mass is 496 g/mol. The second kappa shape index (κ2) is 16.9. The molecule has 2 aromatic rings. The predicted octanol–water partition coefficient (Wildman–Crippen LogP) is 10.4. The first-order chi connectivity index (χ1) is 15.8. The molecule has 0 heterocycles. The Morgan fingerprint density at radius 2 is 1.12 bits per heavy atom. The van der Waals surface area contributed by atoms with Crippen LogP contribution in [0, 0.1) is 31.3 Å². The van der Waals surface area contributed by atoms with Gasteiger partial charge in [0.1, 0.15) is 11.6 Å². The van der Waals surface area contributed by atoms with E-state index in [0.29, 0.717) is 12.0 Å². The fourth-order valence-corrected chi connectivity index (χ4v) is 2.27. The normalized spacial score (nSPS) is 12.4. The molecule has 3 rings (SSSR count). The summed E-state index contributed by atoms with van der Waals surface area (Å²) in [5, 5.41) is 0. The largest absolute Gasteiger partial charge is 0.419 e. The summed E-state index contributed by atoms with van der Waals surface area (Å²) < 4.78 is 97.8. The van der Waals surface area contributed by atoms with Gasteiger partial charge in [0, 0.05) is 6.42 Å². The van der Waals surface area contributed by atoms with Crippen LogP contribution in [0.3, 0.4) is 0 Å². The average molecular weight is 497 g/mol. The minimum absolute atomic E-state index is 0.00447. The lowest BCUT2D eigenvalue weighted by atomic mass is 10.1. The van der Waals surface area contributed by atoms with Gasteiger partial charge in [0.25, 0.3) is 0 Å². The van der Waals surface area contributed by atoms with Crippen molar-refractivity contribution in [2.45, 2.75) is 67.5 Å². The van der Waals surface area contributed by atoms with E-state index in [1.165, 1.54) is 44.2 Å². The highest BCUT2D eigenvalue weighted by molar-refractivity contribution is 5.27. The molecule has 0 aromatic heterocycles. The topological polar surface area (TPSA) is 0 Å². The van der Waals surface area contributed by atoms with Gasteiger partial charge in [0.2, 0.25) is 0 Å². The van der Waals surface area contributed by atoms with E-state index in [9.17, 15) is 35.1 Å². The SMILES string of the molecule is CC.CC.CC1=CC(F)=C(F)CC1.Cc1cccc(C(F)(F)F)c1F.Cc1cccc(F)c1F. The third-order valence-electron chi connectivity index (χ3n) is 4.01. The van der Waals surface area contributed by atoms with Gasteiger partial charge in [-0.1, -0.05) is 57.5 Å². The zero-order chi connectivity index (χ0) is 27.1. The summed E-state index contributed by atoms with van der Waals surface area (Å²) in [6.07, 6.45) is -2.47. The molecule has 0 fully saturated rings. The van der Waals surface area contributed by atoms with Crippen molar-refractivity contribution in [3.63, 3.8) is 0 Å². The number of alkyl halides is 3. The Hall–Kier alpha value is -2.64. The van der Waals surface area contributed by atoms with Crippen molar-refractivity contribution in [1.82, 2.24) is 0 Å². The Balaban J connectivity index is 0. The molecular weight excluding hydrogens is 464 g/mol. The maximum absolute atomic E-state index is 12.8. The van der Waals surface area contributed by atoms with E-state index < -0.39 is 40.8 Å². The molecule has 0 nitrogen and oxygen atoms in total. The zero-order valence-corrected chi connectivity index (χ0v) is 20.5. The molecule has 0 bridgehead atoms. The second-order valence-electron chi connectivity index (χ2n) is 6.55. The fraction of sp³-hybridized carbons (Fsp3) is 0.385. The van der Waals surface area contributed by atoms with Crippen LogP contribution in [-0.4, -0.2) is 0 Å². The number of benzene rings is 2. The highest BCUT2D eigenvalue weighted by Gasteiger charge is 2.34. The summed E-state index contributed by atoms with van der Waals surface area (Å²) in [7, 11) is 0. The van der Waals surface area contributed by atoms with E-state index in [-0.39, 0.29) is 12.0 Å². The van der Waals surface area contributed by atoms with E-state index >= 15 is 0 Å². The van der Waals surface area contributed by atoms with E-state index in [4.69, 9.17) is 0 Å². The van der Waals surface area contributed by atoms with Gasteiger partial charge in [-0.3, -0.25) is 0 Å². The van der Waals surface area contributed by atoms with Crippen LogP contribution in [0.15, 0.2) is 59.7 Å². The molecule has 0 spiro atoms. The van der Waals surface area contributed by atoms with Crippen LogP contribution in [0.1, 0.15) is 64.2 Å². The van der Waals surface area contributed by atoms with Gasteiger partial charge in [0.15, 0.2) is 17.5 Å². The van der Waals surface area contributed by atoms with Gasteiger partial charge in [-0.2, -0.15) is 13.2 Å². The zero-order valence-electron chi connectivity index (χ0n) is 20.5. The Kier molecular flexibility index (Phi) is 16.7. The van der Waals surface area contributed by atoms with Crippen LogP contribution in [0.25, 0.3) is 0 Å².